The van der Waals surface area contributed by atoms with Crippen LogP contribution in [0.15, 0.2) is 176 Å². The number of rotatable bonds is 7. The van der Waals surface area contributed by atoms with Gasteiger partial charge in [-0.3, -0.25) is 0 Å². The van der Waals surface area contributed by atoms with Crippen molar-refractivity contribution in [2.75, 3.05) is 5.32 Å². The summed E-state index contributed by atoms with van der Waals surface area (Å²) in [6.45, 7) is 30.7. The van der Waals surface area contributed by atoms with Gasteiger partial charge in [0.2, 0.25) is 0 Å². The Balaban J connectivity index is 0.000000171. The van der Waals surface area contributed by atoms with Gasteiger partial charge in [0.1, 0.15) is 0 Å². The average molecular weight is 894 g/mol. The first-order chi connectivity index (χ1) is 32.5. The molecular formula is C67H75N. The van der Waals surface area contributed by atoms with E-state index in [4.69, 9.17) is 0 Å². The number of benzene rings is 8. The summed E-state index contributed by atoms with van der Waals surface area (Å²) in [4.78, 5) is 0. The van der Waals surface area contributed by atoms with Gasteiger partial charge in [-0.1, -0.05) is 213 Å². The zero-order valence-electron chi connectivity index (χ0n) is 43.6. The van der Waals surface area contributed by atoms with E-state index in [1.54, 1.807) is 0 Å². The lowest BCUT2D eigenvalue weighted by atomic mass is 9.81. The van der Waals surface area contributed by atoms with Crippen LogP contribution in [-0.4, -0.2) is 0 Å². The van der Waals surface area contributed by atoms with E-state index in [0.717, 1.165) is 12.8 Å². The van der Waals surface area contributed by atoms with Crippen LogP contribution >= 0.6 is 0 Å². The number of nitrogens with one attached hydrogen (secondary N) is 1. The van der Waals surface area contributed by atoms with Crippen molar-refractivity contribution in [2.45, 2.75) is 115 Å². The molecule has 0 saturated carbocycles. The Bertz CT molecular complexity index is 3010. The number of anilines is 1. The maximum absolute atomic E-state index is 3.83. The van der Waals surface area contributed by atoms with Crippen molar-refractivity contribution < 1.29 is 0 Å². The monoisotopic (exact) mass is 894 g/mol. The van der Waals surface area contributed by atoms with E-state index in [2.05, 4.69) is 254 Å². The van der Waals surface area contributed by atoms with Gasteiger partial charge in [-0.15, -0.1) is 0 Å². The number of hydrogen-bond donors (Lipinski definition) is 1. The van der Waals surface area contributed by atoms with Crippen LogP contribution in [-0.2, 0) is 5.41 Å². The van der Waals surface area contributed by atoms with Crippen LogP contribution < -0.4 is 5.32 Å². The van der Waals surface area contributed by atoms with Crippen LogP contribution in [0, 0.1) is 69.2 Å². The normalized spacial score (nSPS) is 12.4. The molecule has 0 heterocycles. The summed E-state index contributed by atoms with van der Waals surface area (Å²) < 4.78 is 0. The third kappa shape index (κ3) is 12.1. The first-order valence-electron chi connectivity index (χ1n) is 24.6. The van der Waals surface area contributed by atoms with Crippen LogP contribution in [0.25, 0.3) is 38.6 Å². The summed E-state index contributed by atoms with van der Waals surface area (Å²) in [6.07, 6.45) is 6.45. The SMILES string of the molecule is C/C=C\C(=C(/CCC)Nc1cc(-c2ccccc2)cc(C)c1C)c1ccc(C)cc1.Cc1cc(C)c(C)c(C)c1.Cc1ccc2c(c1)C(C)(C)c1cc(C)c3ccccc3c1-2.Cc1ccccc1. The molecule has 0 saturated heterocycles. The first kappa shape index (κ1) is 50.7. The largest absolute Gasteiger partial charge is 0.358 e. The summed E-state index contributed by atoms with van der Waals surface area (Å²) in [5.41, 5.74) is 26.9. The molecule has 0 spiro atoms. The molecule has 0 fully saturated rings. The molecule has 0 amide bonds. The first-order valence-corrected chi connectivity index (χ1v) is 24.6. The molecule has 0 atom stereocenters. The molecule has 1 aliphatic carbocycles. The van der Waals surface area contributed by atoms with Crippen molar-refractivity contribution in [3.05, 3.63) is 248 Å². The molecule has 1 heteroatoms. The molecular weight excluding hydrogens is 819 g/mol. The van der Waals surface area contributed by atoms with Gasteiger partial charge in [-0.05, 0) is 172 Å². The molecule has 9 rings (SSSR count). The van der Waals surface area contributed by atoms with E-state index >= 15 is 0 Å². The minimum atomic E-state index is 0.0888. The summed E-state index contributed by atoms with van der Waals surface area (Å²) in [6, 6.07) is 56.8. The van der Waals surface area contributed by atoms with Gasteiger partial charge < -0.3 is 5.32 Å². The fourth-order valence-corrected chi connectivity index (χ4v) is 9.40. The van der Waals surface area contributed by atoms with E-state index in [-0.39, 0.29) is 5.41 Å². The fourth-order valence-electron chi connectivity index (χ4n) is 9.40. The van der Waals surface area contributed by atoms with Gasteiger partial charge in [-0.2, -0.15) is 0 Å². The van der Waals surface area contributed by atoms with E-state index < -0.39 is 0 Å². The van der Waals surface area contributed by atoms with Crippen molar-refractivity contribution in [3.63, 3.8) is 0 Å². The van der Waals surface area contributed by atoms with Gasteiger partial charge >= 0.3 is 0 Å². The molecule has 8 aromatic carbocycles. The Morgan fingerprint density at radius 3 is 1.63 bits per heavy atom. The summed E-state index contributed by atoms with van der Waals surface area (Å²) in [5, 5.41) is 6.59. The molecule has 0 bridgehead atoms. The maximum atomic E-state index is 3.83. The molecule has 0 unspecified atom stereocenters. The molecule has 1 N–H and O–H groups in total. The van der Waals surface area contributed by atoms with E-state index in [9.17, 15) is 0 Å². The summed E-state index contributed by atoms with van der Waals surface area (Å²) >= 11 is 0. The van der Waals surface area contributed by atoms with Crippen LogP contribution in [0.2, 0.25) is 0 Å². The molecule has 68 heavy (non-hydrogen) atoms. The Hall–Kier alpha value is -6.70. The predicted octanol–water partition coefficient (Wildman–Crippen LogP) is 19.2. The number of allylic oxidation sites excluding steroid dienone is 4. The molecule has 0 aliphatic heterocycles. The summed E-state index contributed by atoms with van der Waals surface area (Å²) in [5.74, 6) is 0. The van der Waals surface area contributed by atoms with Gasteiger partial charge in [0.25, 0.3) is 0 Å². The Morgan fingerprint density at radius 2 is 1.04 bits per heavy atom. The van der Waals surface area contributed by atoms with Gasteiger partial charge in [0.15, 0.2) is 0 Å². The minimum absolute atomic E-state index is 0.0888. The third-order valence-corrected chi connectivity index (χ3v) is 13.6. The van der Waals surface area contributed by atoms with E-state index in [1.165, 1.54) is 122 Å². The van der Waals surface area contributed by atoms with Crippen molar-refractivity contribution in [1.82, 2.24) is 0 Å². The van der Waals surface area contributed by atoms with Crippen molar-refractivity contribution >= 4 is 22.0 Å². The smallest absolute Gasteiger partial charge is 0.0420 e. The fraction of sp³-hybridized carbons (Fsp3) is 0.254. The van der Waals surface area contributed by atoms with Gasteiger partial charge in [0, 0.05) is 22.4 Å². The topological polar surface area (TPSA) is 12.0 Å². The number of fused-ring (bicyclic) bond motifs is 5. The van der Waals surface area contributed by atoms with Crippen molar-refractivity contribution in [2.24, 2.45) is 0 Å². The van der Waals surface area contributed by atoms with Crippen LogP contribution in [0.5, 0.6) is 0 Å². The molecule has 0 aromatic heterocycles. The lowest BCUT2D eigenvalue weighted by Crippen LogP contribution is -2.15. The predicted molar refractivity (Wildman–Crippen MR) is 300 cm³/mol. The van der Waals surface area contributed by atoms with Crippen LogP contribution in [0.3, 0.4) is 0 Å². The van der Waals surface area contributed by atoms with E-state index in [0.29, 0.717) is 0 Å². The molecule has 1 aliphatic rings. The van der Waals surface area contributed by atoms with Gasteiger partial charge in [-0.25, -0.2) is 0 Å². The van der Waals surface area contributed by atoms with E-state index in [1.807, 2.05) is 18.2 Å². The van der Waals surface area contributed by atoms with Crippen LogP contribution in [0.4, 0.5) is 5.69 Å². The summed E-state index contributed by atoms with van der Waals surface area (Å²) in [7, 11) is 0. The average Bonchev–Trinajstić information content (AvgIpc) is 3.54. The minimum Gasteiger partial charge on any atom is -0.358 e. The second kappa shape index (κ2) is 22.9. The van der Waals surface area contributed by atoms with Crippen LogP contribution in [0.1, 0.15) is 113 Å². The standard InChI is InChI=1S/C29H33N.C21H20.C10H14.C7H8/c1-6-11-27(25-17-15-21(3)16-18-25)28(12-7-2)30-29-20-26(19-22(4)23(29)5)24-13-9-8-10-14-24;1-13-9-10-17-18(11-13)21(3,4)19-12-14(2)15-7-5-6-8-16(15)20(17)19;1-7-5-8(2)10(4)9(3)6-7;1-7-5-3-2-4-6-7/h6,8-11,13-20,30H,7,12H2,1-5H3;5-12H,1-4H3;5-6H,1-4H3;2-6H,1H3/b11-6-,28-27-;;;. The quantitative estimate of drug-likeness (QED) is 0.157. The Labute approximate surface area is 410 Å². The van der Waals surface area contributed by atoms with Crippen molar-refractivity contribution in [3.8, 4) is 22.3 Å². The highest BCUT2D eigenvalue weighted by Gasteiger charge is 2.36. The maximum Gasteiger partial charge on any atom is 0.0420 e. The lowest BCUT2D eigenvalue weighted by molar-refractivity contribution is 0.659. The Morgan fingerprint density at radius 1 is 0.485 bits per heavy atom. The second-order valence-electron chi connectivity index (χ2n) is 19.5. The zero-order chi connectivity index (χ0) is 49.1. The van der Waals surface area contributed by atoms with Gasteiger partial charge in [0.05, 0.1) is 0 Å². The molecule has 0 radical (unpaired) electrons. The molecule has 348 valence electrons. The highest BCUT2D eigenvalue weighted by Crippen LogP contribution is 2.52. The zero-order valence-corrected chi connectivity index (χ0v) is 43.6. The molecule has 1 nitrogen and oxygen atoms in total. The Kier molecular flexibility index (Phi) is 17.1. The number of hydrogen-bond acceptors (Lipinski definition) is 1. The van der Waals surface area contributed by atoms with Crippen molar-refractivity contribution in [1.29, 1.82) is 0 Å². The molecule has 8 aromatic rings. The highest BCUT2D eigenvalue weighted by atomic mass is 14.9. The number of aryl methyl sites for hydroxylation is 8. The third-order valence-electron chi connectivity index (χ3n) is 13.6. The highest BCUT2D eigenvalue weighted by molar-refractivity contribution is 6.03. The second-order valence-corrected chi connectivity index (χ2v) is 19.5. The lowest BCUT2D eigenvalue weighted by Gasteiger charge is -2.22.